The minimum Gasteiger partial charge on any atom is -0.496 e. The minimum atomic E-state index is 0.0959. The van der Waals surface area contributed by atoms with E-state index in [9.17, 15) is 4.79 Å². The van der Waals surface area contributed by atoms with E-state index in [1.54, 1.807) is 7.11 Å². The molecule has 1 saturated carbocycles. The fourth-order valence-corrected chi connectivity index (χ4v) is 3.99. The Morgan fingerprint density at radius 1 is 1.33 bits per heavy atom. The summed E-state index contributed by atoms with van der Waals surface area (Å²) in [7, 11) is 3.61. The Kier molecular flexibility index (Phi) is 3.79. The van der Waals surface area contributed by atoms with Crippen molar-refractivity contribution < 1.29 is 9.53 Å². The second kappa shape index (κ2) is 5.96. The second-order valence-electron chi connectivity index (χ2n) is 6.83. The largest absolute Gasteiger partial charge is 0.496 e. The van der Waals surface area contributed by atoms with Crippen LogP contribution in [-0.4, -0.2) is 34.2 Å². The van der Waals surface area contributed by atoms with Gasteiger partial charge in [0.05, 0.1) is 19.3 Å². The first kappa shape index (κ1) is 15.2. The SMILES string of the molecule is COc1ccccc1[C@@H]1C[C@@H]1C(=O)N1CCC[C@@H]1c1cnn(C)c1. The van der Waals surface area contributed by atoms with Crippen molar-refractivity contribution >= 4 is 5.91 Å². The molecule has 2 aromatic rings. The van der Waals surface area contributed by atoms with E-state index in [0.717, 1.165) is 42.7 Å². The van der Waals surface area contributed by atoms with E-state index in [1.165, 1.54) is 0 Å². The number of likely N-dealkylation sites (tertiary alicyclic amines) is 1. The molecule has 3 atom stereocenters. The summed E-state index contributed by atoms with van der Waals surface area (Å²) in [5, 5.41) is 4.26. The molecule has 0 radical (unpaired) electrons. The van der Waals surface area contributed by atoms with Crippen LogP contribution in [0.25, 0.3) is 0 Å². The standard InChI is InChI=1S/C19H23N3O2/c1-21-12-13(11-20-21)17-7-5-9-22(17)19(23)16-10-15(16)14-6-3-4-8-18(14)24-2/h3-4,6,8,11-12,15-17H,5,7,9-10H2,1-2H3/t15-,16-,17+/m0/s1. The molecule has 2 aliphatic rings. The lowest BCUT2D eigenvalue weighted by molar-refractivity contribution is -0.133. The molecule has 0 N–H and O–H groups in total. The fraction of sp³-hybridized carbons (Fsp3) is 0.474. The molecule has 0 bridgehead atoms. The maximum atomic E-state index is 13.0. The van der Waals surface area contributed by atoms with E-state index < -0.39 is 0 Å². The van der Waals surface area contributed by atoms with Gasteiger partial charge in [-0.2, -0.15) is 5.10 Å². The molecule has 4 rings (SSSR count). The first-order valence-electron chi connectivity index (χ1n) is 8.61. The molecular weight excluding hydrogens is 302 g/mol. The topological polar surface area (TPSA) is 47.4 Å². The van der Waals surface area contributed by atoms with Crippen LogP contribution in [0.4, 0.5) is 0 Å². The van der Waals surface area contributed by atoms with Crippen molar-refractivity contribution in [3.8, 4) is 5.75 Å². The fourth-order valence-electron chi connectivity index (χ4n) is 3.99. The van der Waals surface area contributed by atoms with Crippen molar-refractivity contribution in [2.24, 2.45) is 13.0 Å². The normalized spacial score (nSPS) is 25.8. The smallest absolute Gasteiger partial charge is 0.226 e. The summed E-state index contributed by atoms with van der Waals surface area (Å²) in [6.45, 7) is 0.855. The first-order valence-corrected chi connectivity index (χ1v) is 8.61. The minimum absolute atomic E-state index is 0.0959. The highest BCUT2D eigenvalue weighted by Crippen LogP contribution is 2.52. The summed E-state index contributed by atoms with van der Waals surface area (Å²) >= 11 is 0. The van der Waals surface area contributed by atoms with Gasteiger partial charge in [0.25, 0.3) is 0 Å². The van der Waals surface area contributed by atoms with Crippen LogP contribution in [0.15, 0.2) is 36.7 Å². The maximum Gasteiger partial charge on any atom is 0.226 e. The Hall–Kier alpha value is -2.30. The zero-order valence-corrected chi connectivity index (χ0v) is 14.2. The van der Waals surface area contributed by atoms with E-state index in [4.69, 9.17) is 4.74 Å². The summed E-state index contributed by atoms with van der Waals surface area (Å²) in [6, 6.07) is 8.24. The van der Waals surface area contributed by atoms with Gasteiger partial charge in [-0.1, -0.05) is 18.2 Å². The molecule has 1 amide bonds. The predicted octanol–water partition coefficient (Wildman–Crippen LogP) is 2.90. The van der Waals surface area contributed by atoms with E-state index in [2.05, 4.69) is 16.1 Å². The van der Waals surface area contributed by atoms with Crippen LogP contribution in [0.2, 0.25) is 0 Å². The average molecular weight is 325 g/mol. The third-order valence-electron chi connectivity index (χ3n) is 5.29. The number of ether oxygens (including phenoxy) is 1. The highest BCUT2D eigenvalue weighted by atomic mass is 16.5. The number of hydrogen-bond acceptors (Lipinski definition) is 3. The summed E-state index contributed by atoms with van der Waals surface area (Å²) < 4.78 is 7.27. The summed E-state index contributed by atoms with van der Waals surface area (Å²) in [4.78, 5) is 15.1. The zero-order chi connectivity index (χ0) is 16.7. The highest BCUT2D eigenvalue weighted by Gasteiger charge is 2.48. The van der Waals surface area contributed by atoms with Crippen molar-refractivity contribution in [3.63, 3.8) is 0 Å². The van der Waals surface area contributed by atoms with Gasteiger partial charge in [-0.15, -0.1) is 0 Å². The van der Waals surface area contributed by atoms with Gasteiger partial charge in [-0.3, -0.25) is 9.48 Å². The number of hydrogen-bond donors (Lipinski definition) is 0. The van der Waals surface area contributed by atoms with Crippen LogP contribution in [0.3, 0.4) is 0 Å². The van der Waals surface area contributed by atoms with Gasteiger partial charge >= 0.3 is 0 Å². The summed E-state index contributed by atoms with van der Waals surface area (Å²) in [5.74, 6) is 1.57. The van der Waals surface area contributed by atoms with Crippen LogP contribution in [0.1, 0.15) is 42.3 Å². The van der Waals surface area contributed by atoms with Crippen molar-refractivity contribution in [3.05, 3.63) is 47.8 Å². The Morgan fingerprint density at radius 3 is 2.92 bits per heavy atom. The maximum absolute atomic E-state index is 13.0. The van der Waals surface area contributed by atoms with E-state index >= 15 is 0 Å². The summed E-state index contributed by atoms with van der Waals surface area (Å²) in [6.07, 6.45) is 6.94. The van der Waals surface area contributed by atoms with Crippen LogP contribution in [0, 0.1) is 5.92 Å². The van der Waals surface area contributed by atoms with Gasteiger partial charge in [-0.25, -0.2) is 0 Å². The number of amides is 1. The van der Waals surface area contributed by atoms with Crippen molar-refractivity contribution in [1.82, 2.24) is 14.7 Å². The zero-order valence-electron chi connectivity index (χ0n) is 14.2. The van der Waals surface area contributed by atoms with Gasteiger partial charge in [0.1, 0.15) is 5.75 Å². The number of aromatic nitrogens is 2. The lowest BCUT2D eigenvalue weighted by Crippen LogP contribution is -2.32. The van der Waals surface area contributed by atoms with Gasteiger partial charge in [0.2, 0.25) is 5.91 Å². The third-order valence-corrected chi connectivity index (χ3v) is 5.29. The molecule has 2 heterocycles. The molecule has 1 aliphatic carbocycles. The molecule has 1 saturated heterocycles. The second-order valence-corrected chi connectivity index (χ2v) is 6.83. The molecule has 5 heteroatoms. The molecule has 1 aliphatic heterocycles. The number of aryl methyl sites for hydroxylation is 1. The van der Waals surface area contributed by atoms with Gasteiger partial charge in [-0.05, 0) is 36.8 Å². The third kappa shape index (κ3) is 2.58. The molecule has 2 fully saturated rings. The lowest BCUT2D eigenvalue weighted by Gasteiger charge is -2.24. The lowest BCUT2D eigenvalue weighted by atomic mass is 10.1. The van der Waals surface area contributed by atoms with Crippen LogP contribution in [0.5, 0.6) is 5.75 Å². The monoisotopic (exact) mass is 325 g/mol. The number of nitrogens with zero attached hydrogens (tertiary/aromatic N) is 3. The number of carbonyl (C=O) groups is 1. The van der Waals surface area contributed by atoms with E-state index in [0.29, 0.717) is 5.92 Å². The number of methoxy groups -OCH3 is 1. The first-order chi connectivity index (χ1) is 11.7. The van der Waals surface area contributed by atoms with E-state index in [1.807, 2.05) is 42.3 Å². The van der Waals surface area contributed by atoms with Crippen LogP contribution in [-0.2, 0) is 11.8 Å². The van der Waals surface area contributed by atoms with Crippen molar-refractivity contribution in [2.45, 2.75) is 31.2 Å². The Labute approximate surface area is 142 Å². The van der Waals surface area contributed by atoms with Crippen molar-refractivity contribution in [1.29, 1.82) is 0 Å². The molecule has 0 unspecified atom stereocenters. The number of carbonyl (C=O) groups excluding carboxylic acids is 1. The molecule has 5 nitrogen and oxygen atoms in total. The van der Waals surface area contributed by atoms with Gasteiger partial charge in [0.15, 0.2) is 0 Å². The Morgan fingerprint density at radius 2 is 2.17 bits per heavy atom. The highest BCUT2D eigenvalue weighted by molar-refractivity contribution is 5.84. The van der Waals surface area contributed by atoms with E-state index in [-0.39, 0.29) is 17.9 Å². The molecule has 126 valence electrons. The number of benzene rings is 1. The molecule has 24 heavy (non-hydrogen) atoms. The number of para-hydroxylation sites is 1. The quantitative estimate of drug-likeness (QED) is 0.868. The molecule has 1 aromatic carbocycles. The molecular formula is C19H23N3O2. The van der Waals surface area contributed by atoms with Gasteiger partial charge < -0.3 is 9.64 Å². The van der Waals surface area contributed by atoms with Crippen LogP contribution < -0.4 is 4.74 Å². The van der Waals surface area contributed by atoms with Gasteiger partial charge in [0, 0.05) is 31.3 Å². The molecule has 1 aromatic heterocycles. The Bertz CT molecular complexity index is 755. The van der Waals surface area contributed by atoms with Crippen molar-refractivity contribution in [2.75, 3.05) is 13.7 Å². The van der Waals surface area contributed by atoms with Crippen LogP contribution >= 0.6 is 0 Å². The average Bonchev–Trinajstić information content (AvgIpc) is 3.02. The molecule has 0 spiro atoms. The Balaban J connectivity index is 1.50. The summed E-state index contributed by atoms with van der Waals surface area (Å²) in [5.41, 5.74) is 2.31. The number of rotatable bonds is 4. The predicted molar refractivity (Wildman–Crippen MR) is 90.7 cm³/mol.